The fourth-order valence-electron chi connectivity index (χ4n) is 4.00. The van der Waals surface area contributed by atoms with Gasteiger partial charge in [-0.2, -0.15) is 0 Å². The van der Waals surface area contributed by atoms with Crippen molar-refractivity contribution < 1.29 is 14.3 Å². The first-order valence-corrected chi connectivity index (χ1v) is 12.2. The number of aliphatic imine (C=N–C) groups is 1. The molecule has 3 aromatic rings. The predicted octanol–water partition coefficient (Wildman–Crippen LogP) is 4.17. The molecule has 2 heterocycles. The summed E-state index contributed by atoms with van der Waals surface area (Å²) < 4.78 is 6.92. The molecule has 0 atom stereocenters. The summed E-state index contributed by atoms with van der Waals surface area (Å²) in [4.78, 5) is 33.0. The molecule has 2 amide bonds. The highest BCUT2D eigenvalue weighted by molar-refractivity contribution is 8.18. The first-order chi connectivity index (χ1) is 16.6. The van der Waals surface area contributed by atoms with Crippen molar-refractivity contribution >= 4 is 51.4 Å². The molecule has 1 saturated heterocycles. The van der Waals surface area contributed by atoms with Gasteiger partial charge in [0.2, 0.25) is 5.91 Å². The van der Waals surface area contributed by atoms with E-state index in [-0.39, 0.29) is 24.4 Å². The zero-order valence-electron chi connectivity index (χ0n) is 18.9. The smallest absolute Gasteiger partial charge is 0.267 e. The van der Waals surface area contributed by atoms with Crippen LogP contribution in [0.4, 0.5) is 5.69 Å². The Morgan fingerprint density at radius 2 is 1.94 bits per heavy atom. The molecule has 8 heteroatoms. The average molecular weight is 475 g/mol. The summed E-state index contributed by atoms with van der Waals surface area (Å²) in [5, 5.41) is 4.59. The second-order valence-corrected chi connectivity index (χ2v) is 9.33. The summed E-state index contributed by atoms with van der Waals surface area (Å²) in [6.07, 6.45) is 5.88. The Bertz CT molecular complexity index is 1280. The third-order valence-electron chi connectivity index (χ3n) is 5.78. The molecular formula is C26H26N4O3S. The third-order valence-corrected chi connectivity index (χ3v) is 6.76. The minimum absolute atomic E-state index is 0.00341. The normalized spacial score (nSPS) is 18.4. The van der Waals surface area contributed by atoms with Crippen molar-refractivity contribution in [3.8, 4) is 0 Å². The highest BCUT2D eigenvalue weighted by atomic mass is 32.2. The predicted molar refractivity (Wildman–Crippen MR) is 136 cm³/mol. The van der Waals surface area contributed by atoms with Crippen LogP contribution in [0, 0.1) is 0 Å². The fraction of sp³-hybridized carbons (Fsp3) is 0.269. The zero-order chi connectivity index (χ0) is 23.5. The van der Waals surface area contributed by atoms with E-state index in [9.17, 15) is 9.59 Å². The van der Waals surface area contributed by atoms with Crippen molar-refractivity contribution in [3.63, 3.8) is 0 Å². The number of para-hydroxylation sites is 2. The van der Waals surface area contributed by atoms with Gasteiger partial charge in [0.15, 0.2) is 5.17 Å². The Balaban J connectivity index is 1.45. The van der Waals surface area contributed by atoms with Crippen molar-refractivity contribution in [3.05, 3.63) is 71.3 Å². The number of aromatic nitrogens is 1. The Hall–Kier alpha value is -3.36. The van der Waals surface area contributed by atoms with E-state index in [2.05, 4.69) is 5.32 Å². The summed E-state index contributed by atoms with van der Waals surface area (Å²) in [5.74, 6) is -0.0863. The highest BCUT2D eigenvalue weighted by Crippen LogP contribution is 2.41. The summed E-state index contributed by atoms with van der Waals surface area (Å²) in [6.45, 7) is 1.14. The molecule has 0 bridgehead atoms. The maximum absolute atomic E-state index is 13.3. The Morgan fingerprint density at radius 1 is 1.18 bits per heavy atom. The third kappa shape index (κ3) is 4.78. The van der Waals surface area contributed by atoms with Gasteiger partial charge < -0.3 is 14.6 Å². The van der Waals surface area contributed by atoms with Crippen molar-refractivity contribution in [2.75, 3.05) is 20.3 Å². The van der Waals surface area contributed by atoms with Crippen LogP contribution in [0.15, 0.2) is 70.7 Å². The number of fused-ring (bicyclic) bond motifs is 1. The summed E-state index contributed by atoms with van der Waals surface area (Å²) in [7, 11) is 1.61. The van der Waals surface area contributed by atoms with Crippen LogP contribution < -0.4 is 5.32 Å². The molecule has 34 heavy (non-hydrogen) atoms. The largest absolute Gasteiger partial charge is 0.383 e. The van der Waals surface area contributed by atoms with Gasteiger partial charge in [-0.1, -0.05) is 36.4 Å². The number of thioether (sulfide) groups is 1. The summed E-state index contributed by atoms with van der Waals surface area (Å²) in [5.41, 5.74) is 2.69. The first-order valence-electron chi connectivity index (χ1n) is 11.3. The number of amidine groups is 1. The fourth-order valence-corrected chi connectivity index (χ4v) is 5.05. The van der Waals surface area contributed by atoms with E-state index in [1.165, 1.54) is 11.8 Å². The van der Waals surface area contributed by atoms with Crippen LogP contribution in [0.3, 0.4) is 0 Å². The summed E-state index contributed by atoms with van der Waals surface area (Å²) >= 11 is 1.42. The lowest BCUT2D eigenvalue weighted by atomic mass is 10.1. The molecule has 7 nitrogen and oxygen atoms in total. The van der Waals surface area contributed by atoms with E-state index < -0.39 is 0 Å². The SMILES string of the molecule is COCCNC(=O)Cn1cc(C=C2SC(=Nc3ccccc3)N(C3CC3)C2=O)c2ccccc21. The van der Waals surface area contributed by atoms with E-state index in [0.29, 0.717) is 18.1 Å². The van der Waals surface area contributed by atoms with Crippen LogP contribution >= 0.6 is 11.8 Å². The number of carbonyl (C=O) groups is 2. The lowest BCUT2D eigenvalue weighted by Crippen LogP contribution is -2.31. The number of methoxy groups -OCH3 is 1. The van der Waals surface area contributed by atoms with Crippen molar-refractivity contribution in [2.24, 2.45) is 4.99 Å². The second kappa shape index (κ2) is 9.87. The molecule has 2 fully saturated rings. The van der Waals surface area contributed by atoms with Gasteiger partial charge in [0.05, 0.1) is 17.2 Å². The molecule has 1 aromatic heterocycles. The molecule has 0 radical (unpaired) electrons. The Morgan fingerprint density at radius 3 is 2.71 bits per heavy atom. The van der Waals surface area contributed by atoms with Crippen LogP contribution in [-0.2, 0) is 20.9 Å². The molecule has 1 saturated carbocycles. The maximum atomic E-state index is 13.3. The van der Waals surface area contributed by atoms with Crippen LogP contribution in [-0.4, -0.2) is 52.8 Å². The van der Waals surface area contributed by atoms with Crippen molar-refractivity contribution in [1.29, 1.82) is 0 Å². The van der Waals surface area contributed by atoms with E-state index in [1.807, 2.05) is 76.3 Å². The van der Waals surface area contributed by atoms with Crippen molar-refractivity contribution in [1.82, 2.24) is 14.8 Å². The van der Waals surface area contributed by atoms with E-state index >= 15 is 0 Å². The van der Waals surface area contributed by atoms with E-state index in [1.54, 1.807) is 7.11 Å². The van der Waals surface area contributed by atoms with Gasteiger partial charge in [-0.3, -0.25) is 14.5 Å². The number of amides is 2. The zero-order valence-corrected chi connectivity index (χ0v) is 19.8. The molecule has 174 valence electrons. The van der Waals surface area contributed by atoms with Gasteiger partial charge >= 0.3 is 0 Å². The summed E-state index contributed by atoms with van der Waals surface area (Å²) in [6, 6.07) is 17.9. The lowest BCUT2D eigenvalue weighted by molar-refractivity contribution is -0.123. The van der Waals surface area contributed by atoms with Gasteiger partial charge in [0, 0.05) is 42.4 Å². The number of rotatable bonds is 8. The van der Waals surface area contributed by atoms with Crippen LogP contribution in [0.1, 0.15) is 18.4 Å². The molecule has 1 N–H and O–H groups in total. The van der Waals surface area contributed by atoms with Crippen LogP contribution in [0.25, 0.3) is 17.0 Å². The molecule has 1 aliphatic heterocycles. The van der Waals surface area contributed by atoms with Gasteiger partial charge in [0.25, 0.3) is 5.91 Å². The van der Waals surface area contributed by atoms with E-state index in [0.717, 1.165) is 40.2 Å². The van der Waals surface area contributed by atoms with Gasteiger partial charge in [-0.15, -0.1) is 0 Å². The molecule has 0 unspecified atom stereocenters. The number of nitrogens with one attached hydrogen (secondary N) is 1. The molecular weight excluding hydrogens is 448 g/mol. The Labute approximate surface area is 202 Å². The molecule has 0 spiro atoms. The van der Waals surface area contributed by atoms with Gasteiger partial charge in [0.1, 0.15) is 6.54 Å². The average Bonchev–Trinajstić information content (AvgIpc) is 3.56. The number of carbonyl (C=O) groups excluding carboxylic acids is 2. The molecule has 5 rings (SSSR count). The quantitative estimate of drug-likeness (QED) is 0.393. The lowest BCUT2D eigenvalue weighted by Gasteiger charge is -2.13. The monoisotopic (exact) mass is 474 g/mol. The number of hydrogen-bond acceptors (Lipinski definition) is 5. The maximum Gasteiger partial charge on any atom is 0.267 e. The topological polar surface area (TPSA) is 75.9 Å². The van der Waals surface area contributed by atoms with Crippen LogP contribution in [0.2, 0.25) is 0 Å². The van der Waals surface area contributed by atoms with Gasteiger partial charge in [-0.25, -0.2) is 4.99 Å². The number of ether oxygens (including phenoxy) is 1. The van der Waals surface area contributed by atoms with Crippen molar-refractivity contribution in [2.45, 2.75) is 25.4 Å². The molecule has 2 aromatic carbocycles. The first kappa shape index (κ1) is 22.4. The number of benzene rings is 2. The Kier molecular flexibility index (Phi) is 6.51. The standard InChI is InChI=1S/C26H26N4O3S/c1-33-14-13-27-24(31)17-29-16-18(21-9-5-6-10-22(21)29)15-23-25(32)30(20-11-12-20)26(34-23)28-19-7-3-2-4-8-19/h2-10,15-16,20H,11-14,17H2,1H3,(H,27,31). The molecule has 1 aliphatic carbocycles. The van der Waals surface area contributed by atoms with Gasteiger partial charge in [-0.05, 0) is 48.9 Å². The number of hydrogen-bond donors (Lipinski definition) is 1. The highest BCUT2D eigenvalue weighted by Gasteiger charge is 2.43. The van der Waals surface area contributed by atoms with E-state index in [4.69, 9.17) is 9.73 Å². The number of nitrogens with zero attached hydrogens (tertiary/aromatic N) is 3. The molecule has 2 aliphatic rings. The minimum atomic E-state index is -0.0829. The second-order valence-electron chi connectivity index (χ2n) is 8.32. The minimum Gasteiger partial charge on any atom is -0.383 e. The van der Waals surface area contributed by atoms with Crippen LogP contribution in [0.5, 0.6) is 0 Å².